The molecule has 0 bridgehead atoms. The highest BCUT2D eigenvalue weighted by atomic mass is 35.5. The second-order valence-corrected chi connectivity index (χ2v) is 6.89. The maximum atomic E-state index is 12.4. The van der Waals surface area contributed by atoms with Gasteiger partial charge >= 0.3 is 0 Å². The predicted octanol–water partition coefficient (Wildman–Crippen LogP) is 3.87. The Labute approximate surface area is 169 Å². The molecular formula is C17H23Cl2N5OS. The van der Waals surface area contributed by atoms with Crippen LogP contribution < -0.4 is 11.1 Å². The number of nitrogens with one attached hydrogen (secondary N) is 1. The molecule has 0 fully saturated rings. The number of halogens is 2. The number of para-hydroxylation sites is 2. The van der Waals surface area contributed by atoms with Crippen LogP contribution in [0.2, 0.25) is 0 Å². The molecule has 1 atom stereocenters. The average molecular weight is 416 g/mol. The fraction of sp³-hybridized carbons (Fsp3) is 0.353. The van der Waals surface area contributed by atoms with E-state index in [1.165, 1.54) is 11.3 Å². The lowest BCUT2D eigenvalue weighted by Gasteiger charge is -2.18. The predicted molar refractivity (Wildman–Crippen MR) is 111 cm³/mol. The van der Waals surface area contributed by atoms with Crippen molar-refractivity contribution in [3.8, 4) is 0 Å². The van der Waals surface area contributed by atoms with Crippen molar-refractivity contribution >= 4 is 53.1 Å². The van der Waals surface area contributed by atoms with Gasteiger partial charge in [0.05, 0.1) is 17.1 Å². The van der Waals surface area contributed by atoms with Crippen LogP contribution in [0.15, 0.2) is 29.6 Å². The fourth-order valence-electron chi connectivity index (χ4n) is 2.76. The van der Waals surface area contributed by atoms with E-state index in [2.05, 4.69) is 28.7 Å². The van der Waals surface area contributed by atoms with Gasteiger partial charge in [-0.05, 0) is 32.9 Å². The summed E-state index contributed by atoms with van der Waals surface area (Å²) < 4.78 is 2.16. The molecular weight excluding hydrogens is 393 g/mol. The number of benzene rings is 1. The highest BCUT2D eigenvalue weighted by Crippen LogP contribution is 2.25. The van der Waals surface area contributed by atoms with E-state index in [1.807, 2.05) is 31.2 Å². The minimum atomic E-state index is -0.227. The van der Waals surface area contributed by atoms with Crippen molar-refractivity contribution < 1.29 is 4.79 Å². The van der Waals surface area contributed by atoms with Crippen molar-refractivity contribution in [2.24, 2.45) is 5.73 Å². The molecule has 2 aromatic heterocycles. The number of rotatable bonds is 5. The van der Waals surface area contributed by atoms with E-state index in [0.29, 0.717) is 12.2 Å². The highest BCUT2D eigenvalue weighted by Gasteiger charge is 2.21. The maximum absolute atomic E-state index is 12.4. The van der Waals surface area contributed by atoms with E-state index in [-0.39, 0.29) is 42.8 Å². The minimum Gasteiger partial charge on any atom is -0.341 e. The molecule has 1 aromatic carbocycles. The first-order chi connectivity index (χ1) is 11.5. The Morgan fingerprint density at radius 3 is 2.54 bits per heavy atom. The number of nitrogens with zero attached hydrogens (tertiary/aromatic N) is 3. The Bertz CT molecular complexity index is 877. The minimum absolute atomic E-state index is 0. The number of aromatic nitrogens is 3. The summed E-state index contributed by atoms with van der Waals surface area (Å²) in [5.74, 6) is 0.634. The van der Waals surface area contributed by atoms with E-state index in [1.54, 1.807) is 5.38 Å². The zero-order valence-electron chi connectivity index (χ0n) is 14.8. The summed E-state index contributed by atoms with van der Waals surface area (Å²) in [7, 11) is 0. The first kappa shape index (κ1) is 22.4. The molecule has 2 heterocycles. The Morgan fingerprint density at radius 2 is 1.92 bits per heavy atom. The van der Waals surface area contributed by atoms with Gasteiger partial charge in [0.25, 0.3) is 5.91 Å². The zero-order chi connectivity index (χ0) is 17.3. The topological polar surface area (TPSA) is 85.8 Å². The molecule has 0 saturated carbocycles. The first-order valence-electron chi connectivity index (χ1n) is 7.93. The summed E-state index contributed by atoms with van der Waals surface area (Å²) in [6.45, 7) is 6.51. The molecule has 3 rings (SSSR count). The van der Waals surface area contributed by atoms with E-state index >= 15 is 0 Å². The quantitative estimate of drug-likeness (QED) is 0.661. The van der Waals surface area contributed by atoms with Crippen LogP contribution in [0.1, 0.15) is 54.2 Å². The average Bonchev–Trinajstić information content (AvgIpc) is 3.19. The van der Waals surface area contributed by atoms with Gasteiger partial charge in [0.15, 0.2) is 0 Å². The summed E-state index contributed by atoms with van der Waals surface area (Å²) in [4.78, 5) is 21.4. The second kappa shape index (κ2) is 9.32. The van der Waals surface area contributed by atoms with E-state index < -0.39 is 0 Å². The molecule has 0 aliphatic heterocycles. The molecule has 26 heavy (non-hydrogen) atoms. The number of nitrogens with two attached hydrogens (primary N) is 1. The third kappa shape index (κ3) is 4.35. The van der Waals surface area contributed by atoms with Crippen molar-refractivity contribution in [2.45, 2.75) is 39.4 Å². The molecule has 3 N–H and O–H groups in total. The summed E-state index contributed by atoms with van der Waals surface area (Å²) >= 11 is 1.39. The van der Waals surface area contributed by atoms with Gasteiger partial charge in [-0.15, -0.1) is 36.2 Å². The normalized spacial score (nSPS) is 11.7. The van der Waals surface area contributed by atoms with Crippen LogP contribution in [0, 0.1) is 0 Å². The Kier molecular flexibility index (Phi) is 8.02. The molecule has 6 nitrogen and oxygen atoms in total. The van der Waals surface area contributed by atoms with E-state index in [4.69, 9.17) is 10.7 Å². The number of thiazole rings is 1. The van der Waals surface area contributed by atoms with Gasteiger partial charge in [-0.1, -0.05) is 12.1 Å². The van der Waals surface area contributed by atoms with Crippen molar-refractivity contribution in [3.63, 3.8) is 0 Å². The largest absolute Gasteiger partial charge is 0.341 e. The lowest BCUT2D eigenvalue weighted by molar-refractivity contribution is 0.0933. The second-order valence-electron chi connectivity index (χ2n) is 5.95. The Morgan fingerprint density at radius 1 is 1.23 bits per heavy atom. The summed E-state index contributed by atoms with van der Waals surface area (Å²) in [5.41, 5.74) is 7.96. The van der Waals surface area contributed by atoms with Crippen LogP contribution >= 0.6 is 36.2 Å². The molecule has 1 unspecified atom stereocenters. The summed E-state index contributed by atoms with van der Waals surface area (Å²) in [6, 6.07) is 8.02. The maximum Gasteiger partial charge on any atom is 0.271 e. The van der Waals surface area contributed by atoms with Crippen LogP contribution in [0.3, 0.4) is 0 Å². The van der Waals surface area contributed by atoms with Crippen molar-refractivity contribution in [2.75, 3.05) is 0 Å². The Balaban J connectivity index is 0.00000169. The van der Waals surface area contributed by atoms with Crippen molar-refractivity contribution in [1.82, 2.24) is 19.9 Å². The third-order valence-electron chi connectivity index (χ3n) is 3.83. The van der Waals surface area contributed by atoms with Crippen LogP contribution in [-0.4, -0.2) is 20.4 Å². The number of hydrogen-bond donors (Lipinski definition) is 2. The van der Waals surface area contributed by atoms with Crippen LogP contribution in [-0.2, 0) is 6.54 Å². The number of carbonyl (C=O) groups excluding carboxylic acids is 1. The number of amides is 1. The van der Waals surface area contributed by atoms with Gasteiger partial charge in [-0.3, -0.25) is 4.79 Å². The van der Waals surface area contributed by atoms with Gasteiger partial charge < -0.3 is 15.6 Å². The van der Waals surface area contributed by atoms with Gasteiger partial charge in [0.2, 0.25) is 0 Å². The number of carbonyl (C=O) groups is 1. The third-order valence-corrected chi connectivity index (χ3v) is 4.70. The van der Waals surface area contributed by atoms with Gasteiger partial charge in [0, 0.05) is 18.0 Å². The van der Waals surface area contributed by atoms with E-state index in [0.717, 1.165) is 21.9 Å². The molecule has 9 heteroatoms. The molecule has 0 aliphatic carbocycles. The van der Waals surface area contributed by atoms with Crippen molar-refractivity contribution in [1.29, 1.82) is 0 Å². The monoisotopic (exact) mass is 415 g/mol. The Hall–Kier alpha value is -1.67. The fourth-order valence-corrected chi connectivity index (χ4v) is 3.41. The SMILES string of the molecule is CC(NC(=O)c1csc(CN)n1)c1nc2ccccc2n1C(C)C.Cl.Cl. The standard InChI is InChI=1S/C17H21N5OS.2ClH/c1-10(2)22-14-7-5-4-6-12(14)21-16(22)11(3)19-17(23)13-9-24-15(8-18)20-13;;/h4-7,9-11H,8,18H2,1-3H3,(H,19,23);2*1H. The molecule has 0 saturated heterocycles. The van der Waals surface area contributed by atoms with Crippen LogP contribution in [0.4, 0.5) is 0 Å². The lowest BCUT2D eigenvalue weighted by atomic mass is 10.2. The molecule has 3 aromatic rings. The summed E-state index contributed by atoms with van der Waals surface area (Å²) in [6.07, 6.45) is 0. The number of hydrogen-bond acceptors (Lipinski definition) is 5. The highest BCUT2D eigenvalue weighted by molar-refractivity contribution is 7.09. The van der Waals surface area contributed by atoms with Crippen LogP contribution in [0.25, 0.3) is 11.0 Å². The molecule has 0 radical (unpaired) electrons. The van der Waals surface area contributed by atoms with Gasteiger partial charge in [0.1, 0.15) is 16.5 Å². The summed E-state index contributed by atoms with van der Waals surface area (Å²) in [5, 5.41) is 5.47. The number of fused-ring (bicyclic) bond motifs is 1. The van der Waals surface area contributed by atoms with Gasteiger partial charge in [-0.2, -0.15) is 0 Å². The molecule has 142 valence electrons. The molecule has 0 spiro atoms. The van der Waals surface area contributed by atoms with Gasteiger partial charge in [-0.25, -0.2) is 9.97 Å². The van der Waals surface area contributed by atoms with Crippen molar-refractivity contribution in [3.05, 3.63) is 46.2 Å². The lowest BCUT2D eigenvalue weighted by Crippen LogP contribution is -2.29. The van der Waals surface area contributed by atoms with Crippen LogP contribution in [0.5, 0.6) is 0 Å². The van der Waals surface area contributed by atoms with E-state index in [9.17, 15) is 4.79 Å². The molecule has 0 aliphatic rings. The first-order valence-corrected chi connectivity index (χ1v) is 8.81. The number of imidazole rings is 1. The smallest absolute Gasteiger partial charge is 0.271 e. The zero-order valence-corrected chi connectivity index (χ0v) is 17.3. The molecule has 1 amide bonds.